The maximum Gasteiger partial charge on any atom is 0.338 e. The lowest BCUT2D eigenvalue weighted by Gasteiger charge is -2.16. The summed E-state index contributed by atoms with van der Waals surface area (Å²) in [4.78, 5) is 28.6. The molecule has 0 saturated carbocycles. The molecule has 0 radical (unpaired) electrons. The van der Waals surface area contributed by atoms with E-state index in [4.69, 9.17) is 27.9 Å². The number of hydrogen-bond donors (Lipinski definition) is 1. The van der Waals surface area contributed by atoms with E-state index in [-0.39, 0.29) is 21.3 Å². The Morgan fingerprint density at radius 3 is 2.40 bits per heavy atom. The first-order valence-electron chi connectivity index (χ1n) is 9.11. The van der Waals surface area contributed by atoms with Crippen LogP contribution in [0.5, 0.6) is 0 Å². The van der Waals surface area contributed by atoms with Gasteiger partial charge in [-0.2, -0.15) is 4.31 Å². The van der Waals surface area contributed by atoms with E-state index < -0.39 is 28.0 Å². The number of nitrogens with one attached hydrogen (secondary N) is 1. The Labute approximate surface area is 184 Å². The van der Waals surface area contributed by atoms with Crippen molar-refractivity contribution in [1.29, 1.82) is 0 Å². The number of nitrogens with zero attached hydrogens (tertiary/aromatic N) is 2. The van der Waals surface area contributed by atoms with Gasteiger partial charge in [-0.15, -0.1) is 0 Å². The molecule has 1 aromatic heterocycles. The van der Waals surface area contributed by atoms with Crippen LogP contribution < -0.4 is 5.32 Å². The molecule has 8 nitrogen and oxygen atoms in total. The van der Waals surface area contributed by atoms with E-state index in [1.54, 1.807) is 0 Å². The van der Waals surface area contributed by atoms with Crippen molar-refractivity contribution >= 4 is 50.9 Å². The van der Waals surface area contributed by atoms with Gasteiger partial charge in [-0.1, -0.05) is 23.2 Å². The molecule has 3 rings (SSSR count). The summed E-state index contributed by atoms with van der Waals surface area (Å²) in [5.41, 5.74) is 0.123. The van der Waals surface area contributed by atoms with Gasteiger partial charge in [0.2, 0.25) is 10.0 Å². The molecule has 2 heterocycles. The Morgan fingerprint density at radius 1 is 1.17 bits per heavy atom. The fraction of sp³-hybridized carbons (Fsp3) is 0.316. The minimum Gasteiger partial charge on any atom is -0.449 e. The topological polar surface area (TPSA) is 106 Å². The number of anilines is 1. The van der Waals surface area contributed by atoms with Crippen molar-refractivity contribution in [3.63, 3.8) is 0 Å². The van der Waals surface area contributed by atoms with Crippen LogP contribution in [0.2, 0.25) is 10.0 Å². The summed E-state index contributed by atoms with van der Waals surface area (Å²) >= 11 is 11.7. The van der Waals surface area contributed by atoms with Crippen LogP contribution in [0.1, 0.15) is 30.1 Å². The van der Waals surface area contributed by atoms with Gasteiger partial charge >= 0.3 is 5.97 Å². The first-order valence-corrected chi connectivity index (χ1v) is 11.3. The summed E-state index contributed by atoms with van der Waals surface area (Å²) in [5, 5.41) is 2.91. The smallest absolute Gasteiger partial charge is 0.338 e. The molecule has 160 valence electrons. The van der Waals surface area contributed by atoms with Crippen molar-refractivity contribution in [1.82, 2.24) is 9.29 Å². The van der Waals surface area contributed by atoms with Crippen LogP contribution in [0, 0.1) is 0 Å². The van der Waals surface area contributed by atoms with Crippen molar-refractivity contribution in [2.45, 2.75) is 30.8 Å². The highest BCUT2D eigenvalue weighted by atomic mass is 35.5. The summed E-state index contributed by atoms with van der Waals surface area (Å²) in [6.07, 6.45) is 1.84. The zero-order valence-electron chi connectivity index (χ0n) is 16.0. The molecule has 1 aliphatic rings. The number of aromatic nitrogens is 1. The lowest BCUT2D eigenvalue weighted by atomic mass is 10.2. The number of carbonyl (C=O) groups is 2. The zero-order chi connectivity index (χ0) is 21.9. The van der Waals surface area contributed by atoms with E-state index >= 15 is 0 Å². The number of pyridine rings is 1. The second kappa shape index (κ2) is 9.30. The van der Waals surface area contributed by atoms with Crippen LogP contribution in [0.25, 0.3) is 0 Å². The van der Waals surface area contributed by atoms with E-state index in [1.807, 2.05) is 0 Å². The van der Waals surface area contributed by atoms with E-state index in [9.17, 15) is 18.0 Å². The number of amides is 1. The molecule has 1 aromatic carbocycles. The third-order valence-electron chi connectivity index (χ3n) is 4.50. The average Bonchev–Trinajstić information content (AvgIpc) is 3.26. The highest BCUT2D eigenvalue weighted by molar-refractivity contribution is 7.89. The fourth-order valence-electron chi connectivity index (χ4n) is 2.85. The molecule has 1 aliphatic heterocycles. The van der Waals surface area contributed by atoms with Crippen molar-refractivity contribution < 1.29 is 22.7 Å². The van der Waals surface area contributed by atoms with Gasteiger partial charge in [0, 0.05) is 19.3 Å². The van der Waals surface area contributed by atoms with Gasteiger partial charge in [-0.25, -0.2) is 18.2 Å². The molecule has 1 fully saturated rings. The lowest BCUT2D eigenvalue weighted by molar-refractivity contribution is -0.123. The summed E-state index contributed by atoms with van der Waals surface area (Å²) in [6, 6.07) is 6.83. The molecular weight excluding hydrogens is 453 g/mol. The van der Waals surface area contributed by atoms with E-state index in [0.29, 0.717) is 18.1 Å². The zero-order valence-corrected chi connectivity index (χ0v) is 18.3. The average molecular weight is 472 g/mol. The van der Waals surface area contributed by atoms with Crippen LogP contribution >= 0.6 is 23.2 Å². The minimum atomic E-state index is -3.57. The Kier molecular flexibility index (Phi) is 6.97. The van der Waals surface area contributed by atoms with Crippen LogP contribution in [0.4, 0.5) is 5.82 Å². The molecule has 0 aliphatic carbocycles. The highest BCUT2D eigenvalue weighted by Gasteiger charge is 2.27. The predicted octanol–water partition coefficient (Wildman–Crippen LogP) is 3.36. The van der Waals surface area contributed by atoms with Crippen molar-refractivity contribution in [2.75, 3.05) is 18.4 Å². The Hall–Kier alpha value is -2.20. The Bertz CT molecular complexity index is 1050. The minimum absolute atomic E-state index is 0.0884. The van der Waals surface area contributed by atoms with Crippen LogP contribution in [0.15, 0.2) is 41.4 Å². The standard InChI is InChI=1S/C19H19Cl2N3O5S/c1-12(18(25)23-17-16(21)10-14(20)11-22-17)29-19(26)13-4-6-15(7-5-13)30(27,28)24-8-2-3-9-24/h4-7,10-12H,2-3,8-9H2,1H3,(H,22,23,25)/t12-/m1/s1. The molecule has 30 heavy (non-hydrogen) atoms. The Balaban J connectivity index is 1.63. The molecular formula is C19H19Cl2N3O5S. The van der Waals surface area contributed by atoms with E-state index in [2.05, 4.69) is 10.3 Å². The summed E-state index contributed by atoms with van der Waals surface area (Å²) in [6.45, 7) is 2.37. The third-order valence-corrected chi connectivity index (χ3v) is 6.90. The molecule has 1 atom stereocenters. The second-order valence-electron chi connectivity index (χ2n) is 6.66. The van der Waals surface area contributed by atoms with E-state index in [0.717, 1.165) is 12.8 Å². The molecule has 1 N–H and O–H groups in total. The lowest BCUT2D eigenvalue weighted by Crippen LogP contribution is -2.30. The first kappa shape index (κ1) is 22.5. The molecule has 0 unspecified atom stereocenters. The monoisotopic (exact) mass is 471 g/mol. The quantitative estimate of drug-likeness (QED) is 0.647. The number of ether oxygens (including phenoxy) is 1. The molecule has 1 amide bonds. The van der Waals surface area contributed by atoms with Gasteiger partial charge < -0.3 is 10.1 Å². The van der Waals surface area contributed by atoms with Crippen LogP contribution in [0.3, 0.4) is 0 Å². The van der Waals surface area contributed by atoms with Gasteiger partial charge in [0.15, 0.2) is 11.9 Å². The molecule has 0 spiro atoms. The van der Waals surface area contributed by atoms with Gasteiger partial charge in [-0.3, -0.25) is 4.79 Å². The predicted molar refractivity (Wildman–Crippen MR) is 112 cm³/mol. The van der Waals surface area contributed by atoms with Gasteiger partial charge in [0.1, 0.15) is 0 Å². The number of esters is 1. The van der Waals surface area contributed by atoms with Crippen LogP contribution in [-0.4, -0.2) is 48.8 Å². The summed E-state index contributed by atoms with van der Waals surface area (Å²) < 4.78 is 31.6. The van der Waals surface area contributed by atoms with Crippen molar-refractivity contribution in [3.05, 3.63) is 52.1 Å². The number of sulfonamides is 1. The van der Waals surface area contributed by atoms with Gasteiger partial charge in [-0.05, 0) is 50.1 Å². The summed E-state index contributed by atoms with van der Waals surface area (Å²) in [5.74, 6) is -1.31. The van der Waals surface area contributed by atoms with Crippen molar-refractivity contribution in [2.24, 2.45) is 0 Å². The Morgan fingerprint density at radius 2 is 1.80 bits per heavy atom. The maximum atomic E-state index is 12.5. The number of halogens is 2. The number of benzene rings is 1. The highest BCUT2D eigenvalue weighted by Crippen LogP contribution is 2.23. The van der Waals surface area contributed by atoms with Crippen molar-refractivity contribution in [3.8, 4) is 0 Å². The largest absolute Gasteiger partial charge is 0.449 e. The molecule has 0 bridgehead atoms. The second-order valence-corrected chi connectivity index (χ2v) is 9.44. The van der Waals surface area contributed by atoms with Crippen LogP contribution in [-0.2, 0) is 19.6 Å². The SMILES string of the molecule is C[C@@H](OC(=O)c1ccc(S(=O)(=O)N2CCCC2)cc1)C(=O)Nc1ncc(Cl)cc1Cl. The molecule has 11 heteroatoms. The number of hydrogen-bond acceptors (Lipinski definition) is 6. The molecule has 1 saturated heterocycles. The van der Waals surface area contributed by atoms with Gasteiger partial charge in [0.25, 0.3) is 5.91 Å². The van der Waals surface area contributed by atoms with E-state index in [1.165, 1.54) is 47.8 Å². The van der Waals surface area contributed by atoms with Gasteiger partial charge in [0.05, 0.1) is 20.5 Å². The number of carbonyl (C=O) groups excluding carboxylic acids is 2. The first-order chi connectivity index (χ1) is 14.2. The third kappa shape index (κ3) is 5.10. The maximum absolute atomic E-state index is 12.5. The number of rotatable bonds is 6. The normalized spacial score (nSPS) is 15.6. The fourth-order valence-corrected chi connectivity index (χ4v) is 4.79. The summed E-state index contributed by atoms with van der Waals surface area (Å²) in [7, 11) is -3.57. The molecule has 2 aromatic rings.